The Kier molecular flexibility index (Phi) is 5.07. The molecule has 0 radical (unpaired) electrons. The van der Waals surface area contributed by atoms with Gasteiger partial charge in [-0.3, -0.25) is 9.89 Å². The van der Waals surface area contributed by atoms with E-state index in [0.29, 0.717) is 5.82 Å². The third-order valence-corrected chi connectivity index (χ3v) is 3.58. The molecule has 19 heavy (non-hydrogen) atoms. The van der Waals surface area contributed by atoms with Crippen molar-refractivity contribution in [1.82, 2.24) is 10.2 Å². The number of aromatic nitrogens is 2. The van der Waals surface area contributed by atoms with Gasteiger partial charge < -0.3 is 11.1 Å². The smallest absolute Gasteiger partial charge is 0.242 e. The molecule has 1 aromatic heterocycles. The van der Waals surface area contributed by atoms with Crippen LogP contribution in [-0.2, 0) is 14.6 Å². The normalized spacial score (nSPS) is 13.5. The second-order valence-electron chi connectivity index (χ2n) is 4.88. The first kappa shape index (κ1) is 15.6. The second-order valence-corrected chi connectivity index (χ2v) is 7.14. The van der Waals surface area contributed by atoms with Crippen LogP contribution in [0.2, 0.25) is 0 Å². The molecular weight excluding hydrogens is 268 g/mol. The Morgan fingerprint density at radius 3 is 2.63 bits per heavy atom. The molecule has 0 aliphatic rings. The summed E-state index contributed by atoms with van der Waals surface area (Å²) < 4.78 is 22.0. The van der Waals surface area contributed by atoms with Gasteiger partial charge in [-0.2, -0.15) is 5.10 Å². The molecule has 7 nitrogen and oxygen atoms in total. The third kappa shape index (κ3) is 5.39. The van der Waals surface area contributed by atoms with E-state index in [4.69, 9.17) is 5.73 Å². The van der Waals surface area contributed by atoms with Gasteiger partial charge in [0.2, 0.25) is 5.91 Å². The van der Waals surface area contributed by atoms with Gasteiger partial charge in [-0.05, 0) is 12.3 Å². The number of hydrogen-bond donors (Lipinski definition) is 3. The van der Waals surface area contributed by atoms with Crippen LogP contribution in [0.3, 0.4) is 0 Å². The van der Waals surface area contributed by atoms with Crippen molar-refractivity contribution in [2.24, 2.45) is 5.73 Å². The highest BCUT2D eigenvalue weighted by atomic mass is 32.2. The molecule has 0 spiro atoms. The van der Waals surface area contributed by atoms with E-state index in [-0.39, 0.29) is 18.1 Å². The molecular formula is C11H20N4O3S. The van der Waals surface area contributed by atoms with Crippen LogP contribution in [0.25, 0.3) is 0 Å². The Hall–Kier alpha value is -1.41. The number of nitrogens with one attached hydrogen (secondary N) is 2. The molecule has 1 heterocycles. The number of hydrogen-bond acceptors (Lipinski definition) is 5. The maximum absolute atomic E-state index is 11.7. The molecule has 0 aromatic carbocycles. The largest absolute Gasteiger partial charge is 0.320 e. The van der Waals surface area contributed by atoms with Gasteiger partial charge in [0.15, 0.2) is 5.82 Å². The minimum atomic E-state index is -3.11. The lowest BCUT2D eigenvalue weighted by atomic mass is 10.1. The standard InChI is InChI=1S/C11H20N4O3S/c1-7(2)9-6-10(15-14-9)13-11(16)8(12)4-5-19(3,17)18/h6-8H,4-5,12H2,1-3H3,(H2,13,14,15,16). The molecule has 108 valence electrons. The highest BCUT2D eigenvalue weighted by Gasteiger charge is 2.17. The Labute approximate surface area is 112 Å². The molecule has 0 saturated heterocycles. The molecule has 0 fully saturated rings. The molecule has 4 N–H and O–H groups in total. The van der Waals surface area contributed by atoms with Crippen molar-refractivity contribution in [2.75, 3.05) is 17.3 Å². The summed E-state index contributed by atoms with van der Waals surface area (Å²) in [4.78, 5) is 11.7. The molecule has 1 rings (SSSR count). The van der Waals surface area contributed by atoms with Gasteiger partial charge in [0.05, 0.1) is 11.8 Å². The molecule has 1 atom stereocenters. The number of H-pyrrole nitrogens is 1. The number of aromatic amines is 1. The number of anilines is 1. The van der Waals surface area contributed by atoms with E-state index in [1.807, 2.05) is 13.8 Å². The van der Waals surface area contributed by atoms with Crippen LogP contribution in [0, 0.1) is 0 Å². The number of carbonyl (C=O) groups is 1. The average Bonchev–Trinajstić information content (AvgIpc) is 2.73. The van der Waals surface area contributed by atoms with E-state index in [0.717, 1.165) is 11.9 Å². The molecule has 1 amide bonds. The lowest BCUT2D eigenvalue weighted by Gasteiger charge is -2.09. The summed E-state index contributed by atoms with van der Waals surface area (Å²) in [5.41, 5.74) is 6.53. The SMILES string of the molecule is CC(C)c1cc(NC(=O)C(N)CCS(C)(=O)=O)n[nH]1. The van der Waals surface area contributed by atoms with Crippen LogP contribution in [0.1, 0.15) is 31.9 Å². The first-order chi connectivity index (χ1) is 8.69. The van der Waals surface area contributed by atoms with Crippen molar-refractivity contribution >= 4 is 21.6 Å². The van der Waals surface area contributed by atoms with E-state index >= 15 is 0 Å². The topological polar surface area (TPSA) is 118 Å². The van der Waals surface area contributed by atoms with Crippen LogP contribution < -0.4 is 11.1 Å². The fourth-order valence-corrected chi connectivity index (χ4v) is 2.07. The molecule has 0 bridgehead atoms. The van der Waals surface area contributed by atoms with Gasteiger partial charge in [0, 0.05) is 18.0 Å². The number of nitrogens with zero attached hydrogens (tertiary/aromatic N) is 1. The summed E-state index contributed by atoms with van der Waals surface area (Å²) >= 11 is 0. The predicted molar refractivity (Wildman–Crippen MR) is 73.6 cm³/mol. The number of nitrogens with two attached hydrogens (primary N) is 1. The van der Waals surface area contributed by atoms with Crippen molar-refractivity contribution in [3.05, 3.63) is 11.8 Å². The minimum absolute atomic E-state index is 0.0894. The van der Waals surface area contributed by atoms with Gasteiger partial charge in [-0.25, -0.2) is 8.42 Å². The lowest BCUT2D eigenvalue weighted by molar-refractivity contribution is -0.117. The third-order valence-electron chi connectivity index (χ3n) is 2.61. The average molecular weight is 288 g/mol. The van der Waals surface area contributed by atoms with Gasteiger partial charge in [0.1, 0.15) is 9.84 Å². The Morgan fingerprint density at radius 1 is 1.53 bits per heavy atom. The Balaban J connectivity index is 2.53. The Morgan fingerprint density at radius 2 is 2.16 bits per heavy atom. The van der Waals surface area contributed by atoms with E-state index in [2.05, 4.69) is 15.5 Å². The van der Waals surface area contributed by atoms with Crippen molar-refractivity contribution in [3.63, 3.8) is 0 Å². The van der Waals surface area contributed by atoms with E-state index in [9.17, 15) is 13.2 Å². The van der Waals surface area contributed by atoms with Crippen LogP contribution >= 0.6 is 0 Å². The summed E-state index contributed by atoms with van der Waals surface area (Å²) in [6.45, 7) is 3.99. The number of amides is 1. The Bertz CT molecular complexity index is 536. The van der Waals surface area contributed by atoms with Gasteiger partial charge >= 0.3 is 0 Å². The highest BCUT2D eigenvalue weighted by molar-refractivity contribution is 7.90. The zero-order chi connectivity index (χ0) is 14.6. The first-order valence-electron chi connectivity index (χ1n) is 5.98. The second kappa shape index (κ2) is 6.16. The first-order valence-corrected chi connectivity index (χ1v) is 8.04. The lowest BCUT2D eigenvalue weighted by Crippen LogP contribution is -2.37. The molecule has 0 aliphatic heterocycles. The summed E-state index contributed by atoms with van der Waals surface area (Å²) in [5.74, 6) is 0.116. The molecule has 8 heteroatoms. The number of sulfone groups is 1. The zero-order valence-electron chi connectivity index (χ0n) is 11.3. The van der Waals surface area contributed by atoms with Crippen LogP contribution in [0.15, 0.2) is 6.07 Å². The van der Waals surface area contributed by atoms with Crippen molar-refractivity contribution < 1.29 is 13.2 Å². The van der Waals surface area contributed by atoms with Crippen LogP contribution in [0.4, 0.5) is 5.82 Å². The highest BCUT2D eigenvalue weighted by Crippen LogP contribution is 2.14. The monoisotopic (exact) mass is 288 g/mol. The van der Waals surface area contributed by atoms with E-state index < -0.39 is 21.8 Å². The molecule has 1 unspecified atom stereocenters. The van der Waals surface area contributed by atoms with Gasteiger partial charge in [-0.15, -0.1) is 0 Å². The maximum Gasteiger partial charge on any atom is 0.242 e. The van der Waals surface area contributed by atoms with Crippen LogP contribution in [-0.4, -0.2) is 42.6 Å². The van der Waals surface area contributed by atoms with Crippen LogP contribution in [0.5, 0.6) is 0 Å². The van der Waals surface area contributed by atoms with Gasteiger partial charge in [0.25, 0.3) is 0 Å². The predicted octanol–water partition coefficient (Wildman–Crippen LogP) is 0.234. The number of carbonyl (C=O) groups excluding carboxylic acids is 1. The summed E-state index contributed by atoms with van der Waals surface area (Å²) in [7, 11) is -3.11. The molecule has 0 saturated carbocycles. The minimum Gasteiger partial charge on any atom is -0.320 e. The van der Waals surface area contributed by atoms with Crippen molar-refractivity contribution in [1.29, 1.82) is 0 Å². The van der Waals surface area contributed by atoms with Crippen molar-refractivity contribution in [3.8, 4) is 0 Å². The zero-order valence-corrected chi connectivity index (χ0v) is 12.1. The summed E-state index contributed by atoms with van der Waals surface area (Å²) in [6, 6.07) is 0.861. The fourth-order valence-electron chi connectivity index (χ4n) is 1.39. The number of rotatable bonds is 6. The summed E-state index contributed by atoms with van der Waals surface area (Å²) in [5, 5.41) is 9.29. The van der Waals surface area contributed by atoms with Gasteiger partial charge in [-0.1, -0.05) is 13.8 Å². The molecule has 0 aliphatic carbocycles. The van der Waals surface area contributed by atoms with E-state index in [1.54, 1.807) is 6.07 Å². The van der Waals surface area contributed by atoms with Crippen molar-refractivity contribution in [2.45, 2.75) is 32.2 Å². The molecule has 1 aromatic rings. The van der Waals surface area contributed by atoms with E-state index in [1.165, 1.54) is 0 Å². The quantitative estimate of drug-likeness (QED) is 0.692. The fraction of sp³-hybridized carbons (Fsp3) is 0.636. The summed E-state index contributed by atoms with van der Waals surface area (Å²) in [6.07, 6.45) is 1.20. The maximum atomic E-state index is 11.7.